The maximum absolute atomic E-state index is 12.3. The topological polar surface area (TPSA) is 63.7 Å². The zero-order valence-corrected chi connectivity index (χ0v) is 13.0. The van der Waals surface area contributed by atoms with E-state index in [1.807, 2.05) is 0 Å². The van der Waals surface area contributed by atoms with Crippen LogP contribution in [0.5, 0.6) is 0 Å². The van der Waals surface area contributed by atoms with E-state index in [0.717, 1.165) is 12.3 Å². The van der Waals surface area contributed by atoms with Gasteiger partial charge in [0.25, 0.3) is 0 Å². The van der Waals surface area contributed by atoms with Crippen LogP contribution < -0.4 is 0 Å². The van der Waals surface area contributed by atoms with Crippen molar-refractivity contribution in [3.63, 3.8) is 0 Å². The average Bonchev–Trinajstić information content (AvgIpc) is 2.46. The van der Waals surface area contributed by atoms with E-state index >= 15 is 0 Å². The number of nitrogens with zero attached hydrogens (tertiary/aromatic N) is 1. The zero-order valence-electron chi connectivity index (χ0n) is 12.2. The fraction of sp³-hybridized carbons (Fsp3) is 0.929. The molecule has 2 atom stereocenters. The van der Waals surface area contributed by atoms with Gasteiger partial charge >= 0.3 is 5.97 Å². The second kappa shape index (κ2) is 6.89. The molecule has 1 saturated heterocycles. The Labute approximate surface area is 121 Å². The molecule has 2 unspecified atom stereocenters. The Morgan fingerprint density at radius 1 is 1.20 bits per heavy atom. The SMILES string of the molecule is COC(=O)CCCS(=O)(=O)N1CCC2CCCCC2C1. The number of methoxy groups -OCH3 is 1. The molecule has 2 aliphatic rings. The highest BCUT2D eigenvalue weighted by molar-refractivity contribution is 7.89. The molecular weight excluding hydrogens is 278 g/mol. The van der Waals surface area contributed by atoms with Crippen molar-refractivity contribution < 1.29 is 17.9 Å². The summed E-state index contributed by atoms with van der Waals surface area (Å²) in [4.78, 5) is 11.0. The van der Waals surface area contributed by atoms with E-state index in [1.165, 1.54) is 32.8 Å². The van der Waals surface area contributed by atoms with Crippen LogP contribution in [0.2, 0.25) is 0 Å². The van der Waals surface area contributed by atoms with Crippen LogP contribution in [-0.2, 0) is 19.6 Å². The van der Waals surface area contributed by atoms with Crippen LogP contribution in [0.1, 0.15) is 44.9 Å². The minimum Gasteiger partial charge on any atom is -0.469 e. The van der Waals surface area contributed by atoms with Gasteiger partial charge in [-0.25, -0.2) is 12.7 Å². The molecule has 0 aromatic rings. The molecule has 0 bridgehead atoms. The number of sulfonamides is 1. The molecule has 1 aliphatic carbocycles. The molecule has 1 aliphatic heterocycles. The van der Waals surface area contributed by atoms with Gasteiger partial charge in [0.1, 0.15) is 0 Å². The van der Waals surface area contributed by atoms with Gasteiger partial charge in [0.15, 0.2) is 0 Å². The van der Waals surface area contributed by atoms with Gasteiger partial charge in [-0.15, -0.1) is 0 Å². The lowest BCUT2D eigenvalue weighted by atomic mass is 9.76. The van der Waals surface area contributed by atoms with E-state index in [9.17, 15) is 13.2 Å². The van der Waals surface area contributed by atoms with Crippen LogP contribution >= 0.6 is 0 Å². The van der Waals surface area contributed by atoms with Crippen molar-refractivity contribution in [2.24, 2.45) is 11.8 Å². The van der Waals surface area contributed by atoms with E-state index in [2.05, 4.69) is 4.74 Å². The fourth-order valence-electron chi connectivity index (χ4n) is 3.45. The number of ether oxygens (including phenoxy) is 1. The Morgan fingerprint density at radius 3 is 2.60 bits per heavy atom. The lowest BCUT2D eigenvalue weighted by Crippen LogP contribution is -2.45. The maximum atomic E-state index is 12.3. The summed E-state index contributed by atoms with van der Waals surface area (Å²) >= 11 is 0. The third kappa shape index (κ3) is 3.95. The van der Waals surface area contributed by atoms with Gasteiger partial charge in [-0.2, -0.15) is 0 Å². The maximum Gasteiger partial charge on any atom is 0.305 e. The quantitative estimate of drug-likeness (QED) is 0.726. The number of fused-ring (bicyclic) bond motifs is 1. The van der Waals surface area contributed by atoms with Crippen LogP contribution in [0.25, 0.3) is 0 Å². The van der Waals surface area contributed by atoms with Crippen molar-refractivity contribution in [3.8, 4) is 0 Å². The molecule has 116 valence electrons. The van der Waals surface area contributed by atoms with Crippen molar-refractivity contribution in [3.05, 3.63) is 0 Å². The summed E-state index contributed by atoms with van der Waals surface area (Å²) in [6, 6.07) is 0. The summed E-state index contributed by atoms with van der Waals surface area (Å²) in [5.74, 6) is 0.990. The van der Waals surface area contributed by atoms with Gasteiger partial charge in [0.2, 0.25) is 10.0 Å². The summed E-state index contributed by atoms with van der Waals surface area (Å²) in [6.45, 7) is 1.34. The fourth-order valence-corrected chi connectivity index (χ4v) is 5.02. The summed E-state index contributed by atoms with van der Waals surface area (Å²) in [7, 11) is -1.89. The van der Waals surface area contributed by atoms with Crippen molar-refractivity contribution in [1.29, 1.82) is 0 Å². The first kappa shape index (κ1) is 15.8. The molecule has 6 heteroatoms. The molecule has 0 spiro atoms. The van der Waals surface area contributed by atoms with Gasteiger partial charge < -0.3 is 4.74 Å². The van der Waals surface area contributed by atoms with Crippen molar-refractivity contribution in [2.45, 2.75) is 44.9 Å². The van der Waals surface area contributed by atoms with E-state index < -0.39 is 10.0 Å². The minimum atomic E-state index is -3.21. The molecule has 20 heavy (non-hydrogen) atoms. The average molecular weight is 303 g/mol. The Kier molecular flexibility index (Phi) is 5.43. The highest BCUT2D eigenvalue weighted by Gasteiger charge is 2.35. The number of carbonyl (C=O) groups is 1. The molecule has 0 N–H and O–H groups in total. The predicted molar refractivity (Wildman–Crippen MR) is 76.7 cm³/mol. The number of carbonyl (C=O) groups excluding carboxylic acids is 1. The highest BCUT2D eigenvalue weighted by Crippen LogP contribution is 2.36. The Bertz CT molecular complexity index is 434. The van der Waals surface area contributed by atoms with Crippen molar-refractivity contribution >= 4 is 16.0 Å². The van der Waals surface area contributed by atoms with Gasteiger partial charge in [-0.05, 0) is 31.1 Å². The Morgan fingerprint density at radius 2 is 1.90 bits per heavy atom. The van der Waals surface area contributed by atoms with Crippen LogP contribution in [0.15, 0.2) is 0 Å². The van der Waals surface area contributed by atoms with Crippen molar-refractivity contribution in [1.82, 2.24) is 4.31 Å². The number of hydrogen-bond acceptors (Lipinski definition) is 4. The third-order valence-corrected chi connectivity index (χ3v) is 6.58. The second-order valence-corrected chi connectivity index (χ2v) is 8.04. The molecule has 5 nitrogen and oxygen atoms in total. The minimum absolute atomic E-state index is 0.0550. The van der Waals surface area contributed by atoms with Crippen LogP contribution in [0.4, 0.5) is 0 Å². The van der Waals surface area contributed by atoms with Crippen LogP contribution in [0, 0.1) is 11.8 Å². The summed E-state index contributed by atoms with van der Waals surface area (Å²) in [5.41, 5.74) is 0. The molecule has 1 saturated carbocycles. The molecule has 2 rings (SSSR count). The second-order valence-electron chi connectivity index (χ2n) is 5.95. The molecule has 2 fully saturated rings. The lowest BCUT2D eigenvalue weighted by Gasteiger charge is -2.40. The predicted octanol–water partition coefficient (Wildman–Crippen LogP) is 1.78. The van der Waals surface area contributed by atoms with Gasteiger partial charge in [-0.3, -0.25) is 4.79 Å². The summed E-state index contributed by atoms with van der Waals surface area (Å²) < 4.78 is 30.8. The number of rotatable bonds is 5. The first-order valence-corrected chi connectivity index (χ1v) is 9.18. The summed E-state index contributed by atoms with van der Waals surface area (Å²) in [6.07, 6.45) is 6.49. The molecule has 0 amide bonds. The van der Waals surface area contributed by atoms with E-state index in [1.54, 1.807) is 4.31 Å². The smallest absolute Gasteiger partial charge is 0.305 e. The normalized spacial score (nSPS) is 27.9. The monoisotopic (exact) mass is 303 g/mol. The Balaban J connectivity index is 1.85. The zero-order chi connectivity index (χ0) is 14.6. The van der Waals surface area contributed by atoms with Gasteiger partial charge in [-0.1, -0.05) is 19.3 Å². The Hall–Kier alpha value is -0.620. The number of piperidine rings is 1. The standard InChI is InChI=1S/C14H25NO4S/c1-19-14(16)7-4-10-20(17,18)15-9-8-12-5-2-3-6-13(12)11-15/h12-13H,2-11H2,1H3. The first-order valence-electron chi connectivity index (χ1n) is 7.57. The van der Waals surface area contributed by atoms with E-state index in [0.29, 0.717) is 25.4 Å². The van der Waals surface area contributed by atoms with Crippen molar-refractivity contribution in [2.75, 3.05) is 26.0 Å². The van der Waals surface area contributed by atoms with E-state index in [4.69, 9.17) is 0 Å². The van der Waals surface area contributed by atoms with Crippen LogP contribution in [0.3, 0.4) is 0 Å². The molecular formula is C14H25NO4S. The molecule has 0 radical (unpaired) electrons. The molecule has 1 heterocycles. The van der Waals surface area contributed by atoms with Gasteiger partial charge in [0.05, 0.1) is 12.9 Å². The highest BCUT2D eigenvalue weighted by atomic mass is 32.2. The lowest BCUT2D eigenvalue weighted by molar-refractivity contribution is -0.140. The van der Waals surface area contributed by atoms with Crippen LogP contribution in [-0.4, -0.2) is 44.6 Å². The first-order chi connectivity index (χ1) is 9.53. The molecule has 0 aromatic carbocycles. The largest absolute Gasteiger partial charge is 0.469 e. The third-order valence-electron chi connectivity index (χ3n) is 4.66. The summed E-state index contributed by atoms with van der Waals surface area (Å²) in [5, 5.41) is 0. The number of esters is 1. The van der Waals surface area contributed by atoms with Gasteiger partial charge in [0, 0.05) is 19.5 Å². The number of hydrogen-bond donors (Lipinski definition) is 0. The molecule has 0 aromatic heterocycles. The van der Waals surface area contributed by atoms with E-state index in [-0.39, 0.29) is 18.1 Å².